The SMILES string of the molecule is CC(C)CN(CC(N)=O)c1ccccc1CNC(C)C. The van der Waals surface area contributed by atoms with E-state index in [2.05, 4.69) is 50.0 Å². The van der Waals surface area contributed by atoms with E-state index in [-0.39, 0.29) is 12.5 Å². The van der Waals surface area contributed by atoms with Gasteiger partial charge in [0.05, 0.1) is 6.54 Å². The number of para-hydroxylation sites is 1. The summed E-state index contributed by atoms with van der Waals surface area (Å²) in [4.78, 5) is 13.4. The first-order valence-electron chi connectivity index (χ1n) is 7.24. The average Bonchev–Trinajstić information content (AvgIpc) is 2.34. The van der Waals surface area contributed by atoms with Crippen LogP contribution in [0.25, 0.3) is 0 Å². The molecule has 0 saturated heterocycles. The monoisotopic (exact) mass is 277 g/mol. The van der Waals surface area contributed by atoms with Gasteiger partial charge < -0.3 is 16.0 Å². The third kappa shape index (κ3) is 5.61. The molecule has 0 spiro atoms. The highest BCUT2D eigenvalue weighted by molar-refractivity contribution is 5.80. The number of benzene rings is 1. The summed E-state index contributed by atoms with van der Waals surface area (Å²) in [6, 6.07) is 8.61. The summed E-state index contributed by atoms with van der Waals surface area (Å²) < 4.78 is 0. The first-order chi connectivity index (χ1) is 9.40. The van der Waals surface area contributed by atoms with Gasteiger partial charge >= 0.3 is 0 Å². The number of anilines is 1. The number of carbonyl (C=O) groups excluding carboxylic acids is 1. The van der Waals surface area contributed by atoms with Crippen molar-refractivity contribution in [2.45, 2.75) is 40.3 Å². The molecular formula is C16H27N3O. The Labute approximate surface area is 122 Å². The van der Waals surface area contributed by atoms with Crippen LogP contribution in [-0.2, 0) is 11.3 Å². The Balaban J connectivity index is 2.95. The van der Waals surface area contributed by atoms with E-state index < -0.39 is 0 Å². The average molecular weight is 277 g/mol. The maximum atomic E-state index is 11.3. The molecule has 4 nitrogen and oxygen atoms in total. The summed E-state index contributed by atoms with van der Waals surface area (Å²) in [6.07, 6.45) is 0. The van der Waals surface area contributed by atoms with Crippen molar-refractivity contribution < 1.29 is 4.79 Å². The fourth-order valence-corrected chi connectivity index (χ4v) is 2.16. The van der Waals surface area contributed by atoms with Crippen molar-refractivity contribution in [1.82, 2.24) is 5.32 Å². The Morgan fingerprint density at radius 2 is 1.90 bits per heavy atom. The van der Waals surface area contributed by atoms with E-state index in [1.165, 1.54) is 5.56 Å². The molecular weight excluding hydrogens is 250 g/mol. The number of rotatable bonds is 8. The molecule has 1 aromatic rings. The summed E-state index contributed by atoms with van der Waals surface area (Å²) in [5.41, 5.74) is 7.67. The van der Waals surface area contributed by atoms with Crippen LogP contribution in [0.1, 0.15) is 33.3 Å². The second kappa shape index (κ2) is 7.90. The predicted octanol–water partition coefficient (Wildman–Crippen LogP) is 2.13. The van der Waals surface area contributed by atoms with Crippen molar-refractivity contribution in [2.24, 2.45) is 11.7 Å². The maximum Gasteiger partial charge on any atom is 0.236 e. The number of primary amides is 1. The summed E-state index contributed by atoms with van der Waals surface area (Å²) in [5.74, 6) is 0.178. The molecule has 3 N–H and O–H groups in total. The van der Waals surface area contributed by atoms with Gasteiger partial charge in [-0.15, -0.1) is 0 Å². The maximum absolute atomic E-state index is 11.3. The summed E-state index contributed by atoms with van der Waals surface area (Å²) in [5, 5.41) is 3.42. The first kappa shape index (κ1) is 16.5. The van der Waals surface area contributed by atoms with E-state index in [1.807, 2.05) is 12.1 Å². The highest BCUT2D eigenvalue weighted by atomic mass is 16.1. The van der Waals surface area contributed by atoms with Crippen LogP contribution in [0.15, 0.2) is 24.3 Å². The lowest BCUT2D eigenvalue weighted by Gasteiger charge is -2.28. The predicted molar refractivity (Wildman–Crippen MR) is 84.7 cm³/mol. The van der Waals surface area contributed by atoms with E-state index in [0.29, 0.717) is 12.0 Å². The van der Waals surface area contributed by atoms with Crippen LogP contribution >= 0.6 is 0 Å². The molecule has 0 unspecified atom stereocenters. The second-order valence-corrected chi connectivity index (χ2v) is 5.90. The van der Waals surface area contributed by atoms with Gasteiger partial charge in [-0.3, -0.25) is 4.79 Å². The molecule has 4 heteroatoms. The molecule has 0 saturated carbocycles. The fraction of sp³-hybridized carbons (Fsp3) is 0.562. The minimum atomic E-state index is -0.294. The number of nitrogens with two attached hydrogens (primary N) is 1. The Morgan fingerprint density at radius 3 is 2.45 bits per heavy atom. The molecule has 0 radical (unpaired) electrons. The lowest BCUT2D eigenvalue weighted by atomic mass is 10.1. The van der Waals surface area contributed by atoms with Gasteiger partial charge in [0, 0.05) is 24.8 Å². The number of carbonyl (C=O) groups is 1. The molecule has 0 aliphatic heterocycles. The highest BCUT2D eigenvalue weighted by Crippen LogP contribution is 2.21. The molecule has 20 heavy (non-hydrogen) atoms. The molecule has 1 aromatic carbocycles. The Hall–Kier alpha value is -1.55. The number of nitrogens with one attached hydrogen (secondary N) is 1. The number of amides is 1. The molecule has 0 aliphatic carbocycles. The molecule has 1 amide bonds. The zero-order valence-corrected chi connectivity index (χ0v) is 13.0. The molecule has 112 valence electrons. The number of hydrogen-bond donors (Lipinski definition) is 2. The molecule has 0 heterocycles. The van der Waals surface area contributed by atoms with Gasteiger partial charge in [-0.25, -0.2) is 0 Å². The van der Waals surface area contributed by atoms with Crippen LogP contribution < -0.4 is 16.0 Å². The van der Waals surface area contributed by atoms with Crippen LogP contribution in [0.3, 0.4) is 0 Å². The largest absolute Gasteiger partial charge is 0.368 e. The van der Waals surface area contributed by atoms with Crippen LogP contribution in [0.5, 0.6) is 0 Å². The van der Waals surface area contributed by atoms with Gasteiger partial charge in [-0.05, 0) is 17.5 Å². The van der Waals surface area contributed by atoms with E-state index >= 15 is 0 Å². The van der Waals surface area contributed by atoms with Crippen LogP contribution in [-0.4, -0.2) is 25.0 Å². The minimum Gasteiger partial charge on any atom is -0.368 e. The van der Waals surface area contributed by atoms with Gasteiger partial charge in [-0.2, -0.15) is 0 Å². The summed E-state index contributed by atoms with van der Waals surface area (Å²) in [7, 11) is 0. The van der Waals surface area contributed by atoms with Crippen LogP contribution in [0.4, 0.5) is 5.69 Å². The van der Waals surface area contributed by atoms with Gasteiger partial charge in [0.1, 0.15) is 0 Å². The molecule has 1 rings (SSSR count). The normalized spacial score (nSPS) is 11.1. The van der Waals surface area contributed by atoms with Crippen LogP contribution in [0, 0.1) is 5.92 Å². The number of hydrogen-bond acceptors (Lipinski definition) is 3. The van der Waals surface area contributed by atoms with E-state index in [9.17, 15) is 4.79 Å². The zero-order chi connectivity index (χ0) is 15.1. The minimum absolute atomic E-state index is 0.261. The molecule has 0 aromatic heterocycles. The summed E-state index contributed by atoms with van der Waals surface area (Å²) in [6.45, 7) is 10.4. The molecule has 0 bridgehead atoms. The smallest absolute Gasteiger partial charge is 0.236 e. The van der Waals surface area contributed by atoms with Crippen molar-refractivity contribution in [1.29, 1.82) is 0 Å². The summed E-state index contributed by atoms with van der Waals surface area (Å²) >= 11 is 0. The van der Waals surface area contributed by atoms with Crippen LogP contribution in [0.2, 0.25) is 0 Å². The van der Waals surface area contributed by atoms with Gasteiger partial charge in [-0.1, -0.05) is 45.9 Å². The fourth-order valence-electron chi connectivity index (χ4n) is 2.16. The lowest BCUT2D eigenvalue weighted by molar-refractivity contribution is -0.116. The molecule has 0 atom stereocenters. The quantitative estimate of drug-likeness (QED) is 0.765. The van der Waals surface area contributed by atoms with Gasteiger partial charge in [0.15, 0.2) is 0 Å². The van der Waals surface area contributed by atoms with E-state index in [0.717, 1.165) is 18.8 Å². The first-order valence-corrected chi connectivity index (χ1v) is 7.24. The second-order valence-electron chi connectivity index (χ2n) is 5.90. The third-order valence-corrected chi connectivity index (χ3v) is 2.97. The topological polar surface area (TPSA) is 58.4 Å². The van der Waals surface area contributed by atoms with Crippen molar-refractivity contribution in [3.05, 3.63) is 29.8 Å². The van der Waals surface area contributed by atoms with Crippen molar-refractivity contribution >= 4 is 11.6 Å². The van der Waals surface area contributed by atoms with E-state index in [1.54, 1.807) is 0 Å². The van der Waals surface area contributed by atoms with E-state index in [4.69, 9.17) is 5.73 Å². The molecule has 0 fully saturated rings. The third-order valence-electron chi connectivity index (χ3n) is 2.97. The van der Waals surface area contributed by atoms with Gasteiger partial charge in [0.25, 0.3) is 0 Å². The Morgan fingerprint density at radius 1 is 1.25 bits per heavy atom. The Kier molecular flexibility index (Phi) is 6.52. The standard InChI is InChI=1S/C16H27N3O/c1-12(2)10-19(11-16(17)20)15-8-6-5-7-14(15)9-18-13(3)4/h5-8,12-13,18H,9-11H2,1-4H3,(H2,17,20). The highest BCUT2D eigenvalue weighted by Gasteiger charge is 2.14. The van der Waals surface area contributed by atoms with Crippen molar-refractivity contribution in [3.63, 3.8) is 0 Å². The van der Waals surface area contributed by atoms with Crippen molar-refractivity contribution in [3.8, 4) is 0 Å². The Bertz CT molecular complexity index is 429. The lowest BCUT2D eigenvalue weighted by Crippen LogP contribution is -2.37. The van der Waals surface area contributed by atoms with Gasteiger partial charge in [0.2, 0.25) is 5.91 Å². The zero-order valence-electron chi connectivity index (χ0n) is 13.0. The van der Waals surface area contributed by atoms with Crippen molar-refractivity contribution in [2.75, 3.05) is 18.0 Å². The number of nitrogens with zero attached hydrogens (tertiary/aromatic N) is 1. The molecule has 0 aliphatic rings.